The topological polar surface area (TPSA) is 102 Å². The van der Waals surface area contributed by atoms with E-state index in [1.165, 1.54) is 6.07 Å². The van der Waals surface area contributed by atoms with Crippen molar-refractivity contribution in [3.8, 4) is 0 Å². The van der Waals surface area contributed by atoms with Crippen LogP contribution in [0.3, 0.4) is 0 Å². The number of hydrogen-bond donors (Lipinski definition) is 1. The van der Waals surface area contributed by atoms with Gasteiger partial charge in [0.2, 0.25) is 0 Å². The van der Waals surface area contributed by atoms with E-state index in [4.69, 9.17) is 16.3 Å². The molecule has 2 aromatic carbocycles. The molecule has 0 bridgehead atoms. The van der Waals surface area contributed by atoms with E-state index in [0.29, 0.717) is 16.1 Å². The molecule has 3 rings (SSSR count). The highest BCUT2D eigenvalue weighted by Gasteiger charge is 2.29. The molecule has 2 aromatic rings. The molecule has 7 nitrogen and oxygen atoms in total. The van der Waals surface area contributed by atoms with E-state index >= 15 is 0 Å². The van der Waals surface area contributed by atoms with Crippen LogP contribution < -0.4 is 4.72 Å². The summed E-state index contributed by atoms with van der Waals surface area (Å²) in [7, 11) is -3.61. The molecule has 0 atom stereocenters. The van der Waals surface area contributed by atoms with Gasteiger partial charge in [0.25, 0.3) is 10.0 Å². The van der Waals surface area contributed by atoms with E-state index in [2.05, 4.69) is 9.71 Å². The van der Waals surface area contributed by atoms with Crippen molar-refractivity contribution < 1.29 is 22.7 Å². The number of ketones is 1. The van der Waals surface area contributed by atoms with Crippen molar-refractivity contribution in [1.82, 2.24) is 4.72 Å². The smallest absolute Gasteiger partial charge is 0.308 e. The summed E-state index contributed by atoms with van der Waals surface area (Å²) in [6.07, 6.45) is -0.0821. The zero-order chi connectivity index (χ0) is 19.4. The fraction of sp³-hybridized carbons (Fsp3) is 0.167. The Morgan fingerprint density at radius 1 is 1.07 bits per heavy atom. The number of nitrogens with one attached hydrogen (secondary N) is 1. The number of carbonyl (C=O) groups is 2. The highest BCUT2D eigenvalue weighted by atomic mass is 35.5. The Kier molecular flexibility index (Phi) is 5.57. The number of halogens is 1. The fourth-order valence-electron chi connectivity index (χ4n) is 2.45. The van der Waals surface area contributed by atoms with Crippen molar-refractivity contribution in [3.63, 3.8) is 0 Å². The second-order valence-electron chi connectivity index (χ2n) is 5.67. The number of hydrogen-bond acceptors (Lipinski definition) is 6. The number of benzene rings is 2. The number of amidine groups is 1. The molecule has 1 heterocycles. The highest BCUT2D eigenvalue weighted by molar-refractivity contribution is 7.90. The molecule has 1 aliphatic rings. The van der Waals surface area contributed by atoms with E-state index in [1.807, 2.05) is 0 Å². The summed E-state index contributed by atoms with van der Waals surface area (Å²) in [5.74, 6) is -0.754. The molecule has 0 amide bonds. The van der Waals surface area contributed by atoms with Crippen LogP contribution in [0.5, 0.6) is 0 Å². The summed E-state index contributed by atoms with van der Waals surface area (Å²) in [5, 5.41) is 0.506. The number of nitrogens with zero attached hydrogens (tertiary/aromatic N) is 1. The number of fused-ring (bicyclic) bond motifs is 1. The lowest BCUT2D eigenvalue weighted by atomic mass is 10.1. The highest BCUT2D eigenvalue weighted by Crippen LogP contribution is 2.22. The Labute approximate surface area is 161 Å². The van der Waals surface area contributed by atoms with Gasteiger partial charge >= 0.3 is 5.97 Å². The average molecular weight is 407 g/mol. The quantitative estimate of drug-likeness (QED) is 0.585. The third-order valence-electron chi connectivity index (χ3n) is 3.78. The van der Waals surface area contributed by atoms with Crippen LogP contribution in [-0.2, 0) is 19.6 Å². The van der Waals surface area contributed by atoms with Crippen molar-refractivity contribution in [2.24, 2.45) is 4.99 Å². The van der Waals surface area contributed by atoms with Crippen molar-refractivity contribution >= 4 is 39.2 Å². The molecule has 0 radical (unpaired) electrons. The first-order chi connectivity index (χ1) is 12.9. The lowest BCUT2D eigenvalue weighted by molar-refractivity contribution is -0.142. The second kappa shape index (κ2) is 7.89. The van der Waals surface area contributed by atoms with Gasteiger partial charge in [0.1, 0.15) is 5.84 Å². The van der Waals surface area contributed by atoms with E-state index in [1.54, 1.807) is 42.5 Å². The molecular weight excluding hydrogens is 392 g/mol. The number of carbonyl (C=O) groups excluding carboxylic acids is 2. The summed E-state index contributed by atoms with van der Waals surface area (Å²) in [4.78, 5) is 28.0. The largest absolute Gasteiger partial charge is 0.457 e. The van der Waals surface area contributed by atoms with Gasteiger partial charge in [-0.2, -0.15) is 0 Å². The van der Waals surface area contributed by atoms with Gasteiger partial charge in [0, 0.05) is 16.1 Å². The lowest BCUT2D eigenvalue weighted by Gasteiger charge is -2.04. The molecule has 0 fully saturated rings. The molecule has 0 saturated heterocycles. The zero-order valence-electron chi connectivity index (χ0n) is 14.0. The Morgan fingerprint density at radius 3 is 2.52 bits per heavy atom. The maximum Gasteiger partial charge on any atom is 0.308 e. The third-order valence-corrected chi connectivity index (χ3v) is 5.43. The number of Topliss-reactive ketones (excluding diaryl/α,β-unsaturated/α-hetero) is 1. The Hall–Kier alpha value is -2.71. The van der Waals surface area contributed by atoms with Gasteiger partial charge in [-0.15, -0.1) is 0 Å². The standard InChI is InChI=1S/C18H15ClN2O5S/c19-13-7-5-12(6-8-13)15(22)11-26-17(23)9-10-20-18-14-3-1-2-4-16(14)27(24,25)21-18/h1-8H,9-11H2,(H,20,21). The summed E-state index contributed by atoms with van der Waals surface area (Å²) >= 11 is 5.75. The van der Waals surface area contributed by atoms with Gasteiger partial charge in [0.05, 0.1) is 17.9 Å². The summed E-state index contributed by atoms with van der Waals surface area (Å²) in [6, 6.07) is 12.7. The molecule has 27 heavy (non-hydrogen) atoms. The predicted octanol–water partition coefficient (Wildman–Crippen LogP) is 2.19. The molecule has 140 valence electrons. The molecule has 9 heteroatoms. The van der Waals surface area contributed by atoms with Crippen LogP contribution >= 0.6 is 11.6 Å². The molecule has 1 aliphatic heterocycles. The van der Waals surface area contributed by atoms with E-state index < -0.39 is 16.0 Å². The van der Waals surface area contributed by atoms with Gasteiger partial charge in [0.15, 0.2) is 12.4 Å². The van der Waals surface area contributed by atoms with Gasteiger partial charge < -0.3 is 4.74 Å². The van der Waals surface area contributed by atoms with Crippen molar-refractivity contribution in [3.05, 3.63) is 64.7 Å². The number of sulfonamides is 1. The average Bonchev–Trinajstić information content (AvgIpc) is 2.91. The van der Waals surface area contributed by atoms with Crippen molar-refractivity contribution in [2.45, 2.75) is 11.3 Å². The summed E-state index contributed by atoms with van der Waals surface area (Å²) in [6.45, 7) is -0.355. The number of rotatable bonds is 6. The molecule has 1 N–H and O–H groups in total. The first kappa shape index (κ1) is 19.1. The first-order valence-corrected chi connectivity index (χ1v) is 9.84. The van der Waals surface area contributed by atoms with Crippen LogP contribution in [0.25, 0.3) is 0 Å². The monoisotopic (exact) mass is 406 g/mol. The van der Waals surface area contributed by atoms with Gasteiger partial charge in [-0.05, 0) is 36.4 Å². The van der Waals surface area contributed by atoms with Crippen LogP contribution in [0.2, 0.25) is 5.02 Å². The summed E-state index contributed by atoms with van der Waals surface area (Å²) < 4.78 is 31.2. The molecule has 0 aliphatic carbocycles. The number of ether oxygens (including phenoxy) is 1. The van der Waals surface area contributed by atoms with Crippen molar-refractivity contribution in [2.75, 3.05) is 13.2 Å². The zero-order valence-corrected chi connectivity index (χ0v) is 15.6. The molecule has 0 unspecified atom stereocenters. The minimum atomic E-state index is -3.61. The van der Waals surface area contributed by atoms with E-state index in [-0.39, 0.29) is 36.1 Å². The van der Waals surface area contributed by atoms with E-state index in [9.17, 15) is 18.0 Å². The third kappa shape index (κ3) is 4.53. The van der Waals surface area contributed by atoms with E-state index in [0.717, 1.165) is 0 Å². The maximum atomic E-state index is 12.0. The lowest BCUT2D eigenvalue weighted by Crippen LogP contribution is -2.22. The van der Waals surface area contributed by atoms with Gasteiger partial charge in [-0.25, -0.2) is 8.42 Å². The number of aliphatic imine (C=N–C) groups is 1. The van der Waals surface area contributed by atoms with Crippen molar-refractivity contribution in [1.29, 1.82) is 0 Å². The molecule has 0 aromatic heterocycles. The Morgan fingerprint density at radius 2 is 1.78 bits per heavy atom. The normalized spacial score (nSPS) is 15.8. The Balaban J connectivity index is 1.52. The first-order valence-electron chi connectivity index (χ1n) is 7.98. The predicted molar refractivity (Wildman–Crippen MR) is 99.5 cm³/mol. The minimum Gasteiger partial charge on any atom is -0.457 e. The van der Waals surface area contributed by atoms with Crippen LogP contribution in [0, 0.1) is 0 Å². The fourth-order valence-corrected chi connectivity index (χ4v) is 3.82. The Bertz CT molecular complexity index is 1020. The minimum absolute atomic E-state index is 0.0279. The van der Waals surface area contributed by atoms with Gasteiger partial charge in [-0.3, -0.25) is 19.3 Å². The van der Waals surface area contributed by atoms with Crippen LogP contribution in [0.4, 0.5) is 0 Å². The number of esters is 1. The second-order valence-corrected chi connectivity index (χ2v) is 7.76. The molecular formula is C18H15ClN2O5S. The van der Waals surface area contributed by atoms with Crippen LogP contribution in [0.15, 0.2) is 58.4 Å². The molecule has 0 spiro atoms. The molecule has 0 saturated carbocycles. The van der Waals surface area contributed by atoms with Crippen LogP contribution in [0.1, 0.15) is 22.3 Å². The maximum absolute atomic E-state index is 12.0. The van der Waals surface area contributed by atoms with Crippen LogP contribution in [-0.4, -0.2) is 39.2 Å². The summed E-state index contributed by atoms with van der Waals surface area (Å²) in [5.41, 5.74) is 0.855. The van der Waals surface area contributed by atoms with Gasteiger partial charge in [-0.1, -0.05) is 23.7 Å². The SMILES string of the molecule is O=C(CCN=C1NS(=O)(=O)c2ccccc21)OCC(=O)c1ccc(Cl)cc1.